The largest absolute Gasteiger partial charge is 0.357 e. The lowest BCUT2D eigenvalue weighted by Gasteiger charge is -2.12. The Labute approximate surface area is 179 Å². The van der Waals surface area contributed by atoms with E-state index in [0.717, 1.165) is 18.1 Å². The number of aryl methyl sites for hydroxylation is 1. The van der Waals surface area contributed by atoms with E-state index >= 15 is 0 Å². The molecular formula is C21H29IN4O. The molecule has 0 saturated heterocycles. The number of carbonyl (C=O) groups excluding carboxylic acids is 1. The SMILES string of the molecule is CCNC(=NCc1ccccc1C)NCCC(=O)NCc1ccccc1.I. The van der Waals surface area contributed by atoms with Gasteiger partial charge in [-0.25, -0.2) is 4.99 Å². The Morgan fingerprint density at radius 3 is 2.37 bits per heavy atom. The zero-order chi connectivity index (χ0) is 18.6. The molecule has 0 aliphatic rings. The van der Waals surface area contributed by atoms with Gasteiger partial charge in [0, 0.05) is 26.1 Å². The third-order valence-corrected chi connectivity index (χ3v) is 3.99. The molecule has 0 aliphatic heterocycles. The lowest BCUT2D eigenvalue weighted by Crippen LogP contribution is -2.39. The van der Waals surface area contributed by atoms with E-state index in [1.807, 2.05) is 49.4 Å². The number of carbonyl (C=O) groups is 1. The number of guanidine groups is 1. The van der Waals surface area contributed by atoms with Crippen LogP contribution in [0.1, 0.15) is 30.0 Å². The zero-order valence-corrected chi connectivity index (χ0v) is 18.3. The molecule has 0 spiro atoms. The number of benzene rings is 2. The topological polar surface area (TPSA) is 65.5 Å². The van der Waals surface area contributed by atoms with Gasteiger partial charge in [-0.1, -0.05) is 54.6 Å². The van der Waals surface area contributed by atoms with Crippen molar-refractivity contribution in [2.75, 3.05) is 13.1 Å². The van der Waals surface area contributed by atoms with Crippen LogP contribution in [-0.2, 0) is 17.9 Å². The van der Waals surface area contributed by atoms with Gasteiger partial charge in [-0.2, -0.15) is 0 Å². The molecule has 1 amide bonds. The van der Waals surface area contributed by atoms with Crippen molar-refractivity contribution in [3.63, 3.8) is 0 Å². The number of halogens is 1. The van der Waals surface area contributed by atoms with E-state index in [-0.39, 0.29) is 29.9 Å². The van der Waals surface area contributed by atoms with Gasteiger partial charge in [0.2, 0.25) is 5.91 Å². The molecule has 2 aromatic carbocycles. The molecule has 6 heteroatoms. The standard InChI is InChI=1S/C21H28N4O.HI/c1-3-22-21(25-16-19-12-8-7-9-17(19)2)23-14-13-20(26)24-15-18-10-5-4-6-11-18;/h4-12H,3,13-16H2,1-2H3,(H,24,26)(H2,22,23,25);1H. The molecule has 0 atom stereocenters. The van der Waals surface area contributed by atoms with Crippen LogP contribution in [0.5, 0.6) is 0 Å². The van der Waals surface area contributed by atoms with Crippen molar-refractivity contribution >= 4 is 35.8 Å². The van der Waals surface area contributed by atoms with Gasteiger partial charge in [0.05, 0.1) is 6.54 Å². The Morgan fingerprint density at radius 1 is 0.963 bits per heavy atom. The monoisotopic (exact) mass is 480 g/mol. The molecular weight excluding hydrogens is 451 g/mol. The van der Waals surface area contributed by atoms with Crippen LogP contribution in [0, 0.1) is 6.92 Å². The van der Waals surface area contributed by atoms with Gasteiger partial charge in [0.1, 0.15) is 0 Å². The minimum Gasteiger partial charge on any atom is -0.357 e. The second-order valence-electron chi connectivity index (χ2n) is 6.06. The molecule has 0 fully saturated rings. The van der Waals surface area contributed by atoms with E-state index in [9.17, 15) is 4.79 Å². The van der Waals surface area contributed by atoms with Gasteiger partial charge in [0.25, 0.3) is 0 Å². The molecule has 0 bridgehead atoms. The first-order valence-electron chi connectivity index (χ1n) is 9.06. The molecule has 0 unspecified atom stereocenters. The molecule has 0 aliphatic carbocycles. The maximum Gasteiger partial charge on any atom is 0.222 e. The van der Waals surface area contributed by atoms with Gasteiger partial charge in [0.15, 0.2) is 5.96 Å². The summed E-state index contributed by atoms with van der Waals surface area (Å²) in [5.74, 6) is 0.753. The molecule has 146 valence electrons. The van der Waals surface area contributed by atoms with Crippen LogP contribution in [-0.4, -0.2) is 25.0 Å². The van der Waals surface area contributed by atoms with Crippen molar-refractivity contribution in [3.8, 4) is 0 Å². The fraction of sp³-hybridized carbons (Fsp3) is 0.333. The van der Waals surface area contributed by atoms with Crippen LogP contribution < -0.4 is 16.0 Å². The number of rotatable bonds is 8. The van der Waals surface area contributed by atoms with Crippen molar-refractivity contribution in [2.45, 2.75) is 33.4 Å². The third kappa shape index (κ3) is 8.90. The summed E-state index contributed by atoms with van der Waals surface area (Å²) in [5.41, 5.74) is 3.53. The smallest absolute Gasteiger partial charge is 0.222 e. The molecule has 2 aromatic rings. The van der Waals surface area contributed by atoms with Crippen molar-refractivity contribution in [2.24, 2.45) is 4.99 Å². The summed E-state index contributed by atoms with van der Waals surface area (Å²) in [5, 5.41) is 9.36. The van der Waals surface area contributed by atoms with Crippen molar-refractivity contribution in [3.05, 3.63) is 71.3 Å². The van der Waals surface area contributed by atoms with Gasteiger partial charge in [-0.05, 0) is 30.5 Å². The summed E-state index contributed by atoms with van der Waals surface area (Å²) in [6.45, 7) is 6.60. The first-order valence-corrected chi connectivity index (χ1v) is 9.06. The van der Waals surface area contributed by atoms with E-state index < -0.39 is 0 Å². The second-order valence-corrected chi connectivity index (χ2v) is 6.06. The second kappa shape index (κ2) is 13.1. The highest BCUT2D eigenvalue weighted by molar-refractivity contribution is 14.0. The number of hydrogen-bond donors (Lipinski definition) is 3. The first-order chi connectivity index (χ1) is 12.7. The molecule has 0 heterocycles. The highest BCUT2D eigenvalue weighted by atomic mass is 127. The molecule has 3 N–H and O–H groups in total. The predicted octanol–water partition coefficient (Wildman–Crippen LogP) is 3.37. The van der Waals surface area contributed by atoms with E-state index in [2.05, 4.69) is 40.0 Å². The van der Waals surface area contributed by atoms with E-state index in [1.54, 1.807) is 0 Å². The van der Waals surface area contributed by atoms with E-state index in [1.165, 1.54) is 11.1 Å². The minimum absolute atomic E-state index is 0. The Morgan fingerprint density at radius 2 is 1.67 bits per heavy atom. The average molecular weight is 480 g/mol. The highest BCUT2D eigenvalue weighted by Gasteiger charge is 2.03. The summed E-state index contributed by atoms with van der Waals surface area (Å²) >= 11 is 0. The summed E-state index contributed by atoms with van der Waals surface area (Å²) in [6.07, 6.45) is 0.404. The normalized spacial score (nSPS) is 10.7. The Balaban J connectivity index is 0.00000364. The highest BCUT2D eigenvalue weighted by Crippen LogP contribution is 2.07. The third-order valence-electron chi connectivity index (χ3n) is 3.99. The van der Waals surface area contributed by atoms with Gasteiger partial charge in [-0.15, -0.1) is 24.0 Å². The quantitative estimate of drug-likeness (QED) is 0.309. The lowest BCUT2D eigenvalue weighted by atomic mass is 10.1. The van der Waals surface area contributed by atoms with Crippen molar-refractivity contribution < 1.29 is 4.79 Å². The average Bonchev–Trinajstić information content (AvgIpc) is 2.66. The molecule has 0 aromatic heterocycles. The zero-order valence-electron chi connectivity index (χ0n) is 16.0. The first kappa shape index (κ1) is 23.0. The molecule has 27 heavy (non-hydrogen) atoms. The van der Waals surface area contributed by atoms with Crippen LogP contribution >= 0.6 is 24.0 Å². The molecule has 5 nitrogen and oxygen atoms in total. The molecule has 0 saturated carbocycles. The Hall–Kier alpha value is -2.09. The number of hydrogen-bond acceptors (Lipinski definition) is 2. The fourth-order valence-electron chi connectivity index (χ4n) is 2.47. The molecule has 2 rings (SSSR count). The maximum absolute atomic E-state index is 12.0. The van der Waals surface area contributed by atoms with Crippen molar-refractivity contribution in [1.29, 1.82) is 0 Å². The summed E-state index contributed by atoms with van der Waals surface area (Å²) in [7, 11) is 0. The summed E-state index contributed by atoms with van der Waals surface area (Å²) in [4.78, 5) is 16.6. The number of nitrogens with one attached hydrogen (secondary N) is 3. The van der Waals surface area contributed by atoms with Crippen LogP contribution in [0.2, 0.25) is 0 Å². The number of amides is 1. The fourth-order valence-corrected chi connectivity index (χ4v) is 2.47. The Bertz CT molecular complexity index is 719. The van der Waals surface area contributed by atoms with Gasteiger partial charge in [-0.3, -0.25) is 4.79 Å². The number of aliphatic imine (C=N–C) groups is 1. The van der Waals surface area contributed by atoms with Gasteiger partial charge >= 0.3 is 0 Å². The maximum atomic E-state index is 12.0. The van der Waals surface area contributed by atoms with Gasteiger partial charge < -0.3 is 16.0 Å². The summed E-state index contributed by atoms with van der Waals surface area (Å²) < 4.78 is 0. The van der Waals surface area contributed by atoms with Crippen LogP contribution in [0.15, 0.2) is 59.6 Å². The summed E-state index contributed by atoms with van der Waals surface area (Å²) in [6, 6.07) is 18.1. The van der Waals surface area contributed by atoms with Crippen LogP contribution in [0.3, 0.4) is 0 Å². The van der Waals surface area contributed by atoms with E-state index in [0.29, 0.717) is 26.1 Å². The van der Waals surface area contributed by atoms with Crippen LogP contribution in [0.25, 0.3) is 0 Å². The molecule has 0 radical (unpaired) electrons. The van der Waals surface area contributed by atoms with Crippen LogP contribution in [0.4, 0.5) is 0 Å². The minimum atomic E-state index is 0. The predicted molar refractivity (Wildman–Crippen MR) is 122 cm³/mol. The number of nitrogens with zero attached hydrogens (tertiary/aromatic N) is 1. The lowest BCUT2D eigenvalue weighted by molar-refractivity contribution is -0.121. The van der Waals surface area contributed by atoms with E-state index in [4.69, 9.17) is 0 Å². The Kier molecular flexibility index (Phi) is 11.2. The van der Waals surface area contributed by atoms with Crippen molar-refractivity contribution in [1.82, 2.24) is 16.0 Å².